The first-order valence-corrected chi connectivity index (χ1v) is 8.65. The van der Waals surface area contributed by atoms with Gasteiger partial charge in [0.25, 0.3) is 5.91 Å². The van der Waals surface area contributed by atoms with Crippen LogP contribution < -0.4 is 10.6 Å². The highest BCUT2D eigenvalue weighted by Crippen LogP contribution is 2.20. The Bertz CT molecular complexity index is 599. The maximum Gasteiger partial charge on any atom is 0.254 e. The van der Waals surface area contributed by atoms with E-state index >= 15 is 0 Å². The van der Waals surface area contributed by atoms with Crippen LogP contribution in [-0.2, 0) is 9.53 Å². The molecule has 2 aliphatic heterocycles. The summed E-state index contributed by atoms with van der Waals surface area (Å²) in [5, 5.41) is 6.32. The van der Waals surface area contributed by atoms with E-state index in [1.807, 2.05) is 12.1 Å². The molecule has 2 amide bonds. The predicted octanol–water partition coefficient (Wildman–Crippen LogP) is 1.49. The van der Waals surface area contributed by atoms with Crippen molar-refractivity contribution in [3.63, 3.8) is 0 Å². The topological polar surface area (TPSA) is 70.7 Å². The van der Waals surface area contributed by atoms with Crippen molar-refractivity contribution < 1.29 is 14.3 Å². The van der Waals surface area contributed by atoms with Crippen LogP contribution in [-0.4, -0.2) is 55.6 Å². The summed E-state index contributed by atoms with van der Waals surface area (Å²) in [4.78, 5) is 26.8. The van der Waals surface area contributed by atoms with Gasteiger partial charge in [0.15, 0.2) is 0 Å². The Kier molecular flexibility index (Phi) is 5.48. The highest BCUT2D eigenvalue weighted by Gasteiger charge is 2.25. The highest BCUT2D eigenvalue weighted by atomic mass is 16.5. The number of amides is 2. The van der Waals surface area contributed by atoms with E-state index in [0.717, 1.165) is 19.4 Å². The summed E-state index contributed by atoms with van der Waals surface area (Å²) in [5.41, 5.74) is 1.29. The summed E-state index contributed by atoms with van der Waals surface area (Å²) in [7, 11) is 0. The molecule has 2 atom stereocenters. The van der Waals surface area contributed by atoms with Gasteiger partial charge in [-0.3, -0.25) is 9.59 Å². The first kappa shape index (κ1) is 16.9. The summed E-state index contributed by atoms with van der Waals surface area (Å²) < 4.78 is 5.28. The second kappa shape index (κ2) is 7.77. The van der Waals surface area contributed by atoms with Crippen LogP contribution in [0.15, 0.2) is 24.3 Å². The van der Waals surface area contributed by atoms with Gasteiger partial charge in [0.2, 0.25) is 5.91 Å². The number of carbonyl (C=O) groups is 2. The minimum atomic E-state index is -0.00936. The molecule has 2 fully saturated rings. The fourth-order valence-corrected chi connectivity index (χ4v) is 3.29. The average molecular weight is 331 g/mol. The van der Waals surface area contributed by atoms with E-state index in [-0.39, 0.29) is 17.7 Å². The van der Waals surface area contributed by atoms with Crippen molar-refractivity contribution in [2.75, 3.05) is 38.2 Å². The molecule has 0 saturated carbocycles. The normalized spacial score (nSPS) is 24.5. The van der Waals surface area contributed by atoms with Crippen molar-refractivity contribution in [2.24, 2.45) is 5.92 Å². The van der Waals surface area contributed by atoms with Gasteiger partial charge in [0.05, 0.1) is 13.2 Å². The summed E-state index contributed by atoms with van der Waals surface area (Å²) in [6, 6.07) is 7.57. The number of piperidine rings is 1. The Morgan fingerprint density at radius 2 is 2.08 bits per heavy atom. The monoisotopic (exact) mass is 331 g/mol. The van der Waals surface area contributed by atoms with Crippen molar-refractivity contribution in [2.45, 2.75) is 25.8 Å². The molecule has 0 spiro atoms. The Labute approximate surface area is 142 Å². The number of carbonyl (C=O) groups excluding carboxylic acids is 2. The minimum absolute atomic E-state index is 0.00936. The van der Waals surface area contributed by atoms with Gasteiger partial charge in [-0.15, -0.1) is 0 Å². The Morgan fingerprint density at radius 1 is 1.29 bits per heavy atom. The summed E-state index contributed by atoms with van der Waals surface area (Å²) >= 11 is 0. The van der Waals surface area contributed by atoms with Gasteiger partial charge in [-0.05, 0) is 44.5 Å². The smallest absolute Gasteiger partial charge is 0.254 e. The number of morpholine rings is 1. The number of anilines is 1. The lowest BCUT2D eigenvalue weighted by atomic mass is 9.92. The predicted molar refractivity (Wildman–Crippen MR) is 92.0 cm³/mol. The van der Waals surface area contributed by atoms with E-state index in [0.29, 0.717) is 43.6 Å². The van der Waals surface area contributed by atoms with Gasteiger partial charge in [0, 0.05) is 36.3 Å². The molecule has 130 valence electrons. The van der Waals surface area contributed by atoms with Crippen LogP contribution in [0.25, 0.3) is 0 Å². The van der Waals surface area contributed by atoms with Crippen molar-refractivity contribution >= 4 is 17.5 Å². The number of benzene rings is 1. The third-order valence-electron chi connectivity index (χ3n) is 4.67. The third kappa shape index (κ3) is 4.13. The molecule has 6 heteroatoms. The first-order valence-electron chi connectivity index (χ1n) is 8.65. The standard InChI is InChI=1S/C18H25N3O3/c1-13-11-14(5-6-19-13)17(22)20-16-4-2-3-15(12-16)18(23)21-7-9-24-10-8-21/h2-4,12-14,19H,5-11H2,1H3,(H,20,22)/t13-,14-/m0/s1. The maximum absolute atomic E-state index is 12.5. The molecule has 6 nitrogen and oxygen atoms in total. The largest absolute Gasteiger partial charge is 0.378 e. The van der Waals surface area contributed by atoms with E-state index in [9.17, 15) is 9.59 Å². The number of nitrogens with zero attached hydrogens (tertiary/aromatic N) is 1. The van der Waals surface area contributed by atoms with Crippen LogP contribution in [0.1, 0.15) is 30.1 Å². The molecule has 1 aromatic rings. The molecule has 0 unspecified atom stereocenters. The van der Waals surface area contributed by atoms with E-state index in [2.05, 4.69) is 17.6 Å². The van der Waals surface area contributed by atoms with Crippen LogP contribution in [0.2, 0.25) is 0 Å². The molecular formula is C18H25N3O3. The molecule has 0 radical (unpaired) electrons. The Hall–Kier alpha value is -1.92. The zero-order chi connectivity index (χ0) is 16.9. The van der Waals surface area contributed by atoms with Crippen molar-refractivity contribution in [3.8, 4) is 0 Å². The molecule has 2 N–H and O–H groups in total. The highest BCUT2D eigenvalue weighted by molar-refractivity contribution is 5.97. The average Bonchev–Trinajstić information content (AvgIpc) is 2.62. The summed E-state index contributed by atoms with van der Waals surface area (Å²) in [6.45, 7) is 5.35. The molecular weight excluding hydrogens is 306 g/mol. The number of hydrogen-bond donors (Lipinski definition) is 2. The fraction of sp³-hybridized carbons (Fsp3) is 0.556. The zero-order valence-electron chi connectivity index (χ0n) is 14.1. The van der Waals surface area contributed by atoms with Gasteiger partial charge in [-0.1, -0.05) is 6.07 Å². The van der Waals surface area contributed by atoms with Crippen LogP contribution in [0, 0.1) is 5.92 Å². The molecule has 0 aliphatic carbocycles. The van der Waals surface area contributed by atoms with Gasteiger partial charge in [-0.2, -0.15) is 0 Å². The molecule has 0 aromatic heterocycles. The molecule has 2 aliphatic rings. The Balaban J connectivity index is 1.64. The summed E-state index contributed by atoms with van der Waals surface area (Å²) in [5.74, 6) is 0.0593. The lowest BCUT2D eigenvalue weighted by Gasteiger charge is -2.27. The minimum Gasteiger partial charge on any atom is -0.378 e. The van der Waals surface area contributed by atoms with Gasteiger partial charge < -0.3 is 20.3 Å². The SMILES string of the molecule is C[C@H]1C[C@@H](C(=O)Nc2cccc(C(=O)N3CCOCC3)c2)CCN1. The third-order valence-corrected chi connectivity index (χ3v) is 4.67. The lowest BCUT2D eigenvalue weighted by molar-refractivity contribution is -0.120. The second-order valence-corrected chi connectivity index (χ2v) is 6.55. The fourth-order valence-electron chi connectivity index (χ4n) is 3.29. The van der Waals surface area contributed by atoms with E-state index in [1.54, 1.807) is 17.0 Å². The van der Waals surface area contributed by atoms with Crippen LogP contribution in [0.4, 0.5) is 5.69 Å². The summed E-state index contributed by atoms with van der Waals surface area (Å²) in [6.07, 6.45) is 1.70. The van der Waals surface area contributed by atoms with Crippen molar-refractivity contribution in [3.05, 3.63) is 29.8 Å². The molecule has 0 bridgehead atoms. The van der Waals surface area contributed by atoms with E-state index in [4.69, 9.17) is 4.74 Å². The van der Waals surface area contributed by atoms with Gasteiger partial charge >= 0.3 is 0 Å². The second-order valence-electron chi connectivity index (χ2n) is 6.55. The molecule has 2 saturated heterocycles. The van der Waals surface area contributed by atoms with Gasteiger partial charge in [0.1, 0.15) is 0 Å². The zero-order valence-corrected chi connectivity index (χ0v) is 14.1. The van der Waals surface area contributed by atoms with Crippen molar-refractivity contribution in [1.29, 1.82) is 0 Å². The number of ether oxygens (including phenoxy) is 1. The first-order chi connectivity index (χ1) is 11.6. The molecule has 2 heterocycles. The van der Waals surface area contributed by atoms with E-state index < -0.39 is 0 Å². The van der Waals surface area contributed by atoms with Crippen molar-refractivity contribution in [1.82, 2.24) is 10.2 Å². The number of hydrogen-bond acceptors (Lipinski definition) is 4. The number of rotatable bonds is 3. The quantitative estimate of drug-likeness (QED) is 0.880. The maximum atomic E-state index is 12.5. The van der Waals surface area contributed by atoms with Crippen LogP contribution >= 0.6 is 0 Å². The van der Waals surface area contributed by atoms with Crippen LogP contribution in [0.3, 0.4) is 0 Å². The molecule has 24 heavy (non-hydrogen) atoms. The number of nitrogens with one attached hydrogen (secondary N) is 2. The molecule has 1 aromatic carbocycles. The van der Waals surface area contributed by atoms with E-state index in [1.165, 1.54) is 0 Å². The Morgan fingerprint density at radius 3 is 2.83 bits per heavy atom. The van der Waals surface area contributed by atoms with Crippen LogP contribution in [0.5, 0.6) is 0 Å². The lowest BCUT2D eigenvalue weighted by Crippen LogP contribution is -2.41. The van der Waals surface area contributed by atoms with Gasteiger partial charge in [-0.25, -0.2) is 0 Å². The molecule has 3 rings (SSSR count).